The Bertz CT molecular complexity index is 1090. The van der Waals surface area contributed by atoms with E-state index in [1.165, 1.54) is 23.0 Å². The van der Waals surface area contributed by atoms with Crippen LogP contribution in [0.4, 0.5) is 5.13 Å². The van der Waals surface area contributed by atoms with Crippen molar-refractivity contribution in [3.8, 4) is 28.5 Å². The average Bonchev–Trinajstić information content (AvgIpc) is 3.45. The lowest BCUT2D eigenvalue weighted by Crippen LogP contribution is -2.07. The molecule has 0 radical (unpaired) electrons. The molecule has 140 valence electrons. The van der Waals surface area contributed by atoms with Crippen LogP contribution in [0.3, 0.4) is 0 Å². The molecule has 0 unspecified atom stereocenters. The van der Waals surface area contributed by atoms with Gasteiger partial charge in [0.05, 0.1) is 12.3 Å². The third-order valence-electron chi connectivity index (χ3n) is 4.54. The van der Waals surface area contributed by atoms with Gasteiger partial charge in [0.1, 0.15) is 5.75 Å². The fourth-order valence-corrected chi connectivity index (χ4v) is 3.87. The van der Waals surface area contributed by atoms with E-state index in [4.69, 9.17) is 14.2 Å². The SMILES string of the molecule is O=C(/C=C/c1ccc2c(c1)CCO2)Nc1nc(-c2ccc3c(c2)OCO3)cs1. The van der Waals surface area contributed by atoms with Crippen LogP contribution in [-0.4, -0.2) is 24.3 Å². The van der Waals surface area contributed by atoms with Gasteiger partial charge in [-0.1, -0.05) is 6.07 Å². The molecule has 5 rings (SSSR count). The summed E-state index contributed by atoms with van der Waals surface area (Å²) in [6.45, 7) is 0.958. The van der Waals surface area contributed by atoms with Gasteiger partial charge in [-0.3, -0.25) is 10.1 Å². The highest BCUT2D eigenvalue weighted by Gasteiger charge is 2.15. The highest BCUT2D eigenvalue weighted by Crippen LogP contribution is 2.36. The average molecular weight is 392 g/mol. The largest absolute Gasteiger partial charge is 0.493 e. The maximum absolute atomic E-state index is 12.2. The zero-order chi connectivity index (χ0) is 18.9. The van der Waals surface area contributed by atoms with Gasteiger partial charge >= 0.3 is 0 Å². The molecular weight excluding hydrogens is 376 g/mol. The van der Waals surface area contributed by atoms with Crippen molar-refractivity contribution in [1.29, 1.82) is 0 Å². The Morgan fingerprint density at radius 3 is 2.93 bits per heavy atom. The molecule has 1 aromatic heterocycles. The first-order valence-electron chi connectivity index (χ1n) is 8.85. The first-order chi connectivity index (χ1) is 13.7. The number of nitrogens with zero attached hydrogens (tertiary/aromatic N) is 1. The lowest BCUT2D eigenvalue weighted by Gasteiger charge is -2.00. The van der Waals surface area contributed by atoms with Gasteiger partial charge in [-0.05, 0) is 47.5 Å². The lowest BCUT2D eigenvalue weighted by atomic mass is 10.1. The van der Waals surface area contributed by atoms with Crippen LogP contribution in [0.5, 0.6) is 17.2 Å². The van der Waals surface area contributed by atoms with E-state index in [-0.39, 0.29) is 12.7 Å². The summed E-state index contributed by atoms with van der Waals surface area (Å²) in [7, 11) is 0. The molecule has 0 saturated carbocycles. The van der Waals surface area contributed by atoms with Crippen LogP contribution in [0.25, 0.3) is 17.3 Å². The molecule has 2 aliphatic rings. The maximum Gasteiger partial charge on any atom is 0.250 e. The number of carbonyl (C=O) groups is 1. The minimum absolute atomic E-state index is 0.219. The van der Waals surface area contributed by atoms with Crippen LogP contribution in [-0.2, 0) is 11.2 Å². The number of anilines is 1. The van der Waals surface area contributed by atoms with Gasteiger partial charge in [-0.2, -0.15) is 0 Å². The minimum Gasteiger partial charge on any atom is -0.493 e. The third kappa shape index (κ3) is 3.32. The van der Waals surface area contributed by atoms with E-state index in [0.717, 1.165) is 41.3 Å². The van der Waals surface area contributed by atoms with Crippen molar-refractivity contribution in [1.82, 2.24) is 4.98 Å². The fraction of sp³-hybridized carbons (Fsp3) is 0.143. The van der Waals surface area contributed by atoms with Gasteiger partial charge < -0.3 is 14.2 Å². The number of hydrogen-bond acceptors (Lipinski definition) is 6. The Kier molecular flexibility index (Phi) is 4.21. The van der Waals surface area contributed by atoms with E-state index in [1.54, 1.807) is 6.08 Å². The van der Waals surface area contributed by atoms with Crippen LogP contribution in [0.1, 0.15) is 11.1 Å². The standard InChI is InChI=1S/C21H16N2O4S/c24-20(6-2-13-1-4-17-15(9-13)7-8-25-17)23-21-22-16(11-28-21)14-3-5-18-19(10-14)27-12-26-18/h1-6,9-11H,7-8,12H2,(H,22,23,24)/b6-2+. The second-order valence-electron chi connectivity index (χ2n) is 6.39. The number of amides is 1. The number of nitrogens with one attached hydrogen (secondary N) is 1. The highest BCUT2D eigenvalue weighted by molar-refractivity contribution is 7.14. The molecule has 2 aliphatic heterocycles. The third-order valence-corrected chi connectivity index (χ3v) is 5.30. The molecule has 0 spiro atoms. The number of benzene rings is 2. The van der Waals surface area contributed by atoms with Crippen molar-refractivity contribution < 1.29 is 19.0 Å². The van der Waals surface area contributed by atoms with Crippen LogP contribution in [0.15, 0.2) is 47.9 Å². The van der Waals surface area contributed by atoms with Crippen molar-refractivity contribution >= 4 is 28.5 Å². The van der Waals surface area contributed by atoms with Gasteiger partial charge in [0.15, 0.2) is 16.6 Å². The Morgan fingerprint density at radius 2 is 1.96 bits per heavy atom. The molecule has 0 aliphatic carbocycles. The maximum atomic E-state index is 12.2. The fourth-order valence-electron chi connectivity index (χ4n) is 3.15. The molecule has 3 heterocycles. The number of thiazole rings is 1. The summed E-state index contributed by atoms with van der Waals surface area (Å²) < 4.78 is 16.2. The summed E-state index contributed by atoms with van der Waals surface area (Å²) in [4.78, 5) is 16.7. The van der Waals surface area contributed by atoms with E-state index >= 15 is 0 Å². The zero-order valence-corrected chi connectivity index (χ0v) is 15.6. The Hall–Kier alpha value is -3.32. The van der Waals surface area contributed by atoms with Gasteiger partial charge in [0, 0.05) is 23.4 Å². The summed E-state index contributed by atoms with van der Waals surface area (Å²) in [6, 6.07) is 11.6. The predicted octanol–water partition coefficient (Wildman–Crippen LogP) is 4.13. The quantitative estimate of drug-likeness (QED) is 0.676. The Balaban J connectivity index is 1.26. The highest BCUT2D eigenvalue weighted by atomic mass is 32.1. The number of fused-ring (bicyclic) bond motifs is 2. The first-order valence-corrected chi connectivity index (χ1v) is 9.73. The summed E-state index contributed by atoms with van der Waals surface area (Å²) in [5.74, 6) is 2.15. The molecule has 6 nitrogen and oxygen atoms in total. The van der Waals surface area contributed by atoms with Crippen molar-refractivity contribution in [2.24, 2.45) is 0 Å². The van der Waals surface area contributed by atoms with Gasteiger partial charge in [0.2, 0.25) is 12.7 Å². The molecule has 0 bridgehead atoms. The van der Waals surface area contributed by atoms with E-state index in [2.05, 4.69) is 10.3 Å². The predicted molar refractivity (Wildman–Crippen MR) is 107 cm³/mol. The first kappa shape index (κ1) is 16.8. The minimum atomic E-state index is -0.219. The molecule has 0 atom stereocenters. The van der Waals surface area contributed by atoms with Gasteiger partial charge in [-0.25, -0.2) is 4.98 Å². The van der Waals surface area contributed by atoms with E-state index in [9.17, 15) is 4.79 Å². The Morgan fingerprint density at radius 1 is 1.07 bits per heavy atom. The molecular formula is C21H16N2O4S. The second-order valence-corrected chi connectivity index (χ2v) is 7.25. The Labute approximate surface area is 165 Å². The number of carbonyl (C=O) groups excluding carboxylic acids is 1. The van der Waals surface area contributed by atoms with Crippen LogP contribution in [0.2, 0.25) is 0 Å². The normalized spacial score (nSPS) is 14.1. The number of ether oxygens (including phenoxy) is 3. The summed E-state index contributed by atoms with van der Waals surface area (Å²) in [5, 5.41) is 5.25. The second kappa shape index (κ2) is 7.01. The van der Waals surface area contributed by atoms with Crippen molar-refractivity contribution in [3.05, 3.63) is 59.0 Å². The lowest BCUT2D eigenvalue weighted by molar-refractivity contribution is -0.111. The number of aromatic nitrogens is 1. The van der Waals surface area contributed by atoms with Crippen LogP contribution >= 0.6 is 11.3 Å². The van der Waals surface area contributed by atoms with Gasteiger partial charge in [-0.15, -0.1) is 11.3 Å². The summed E-state index contributed by atoms with van der Waals surface area (Å²) in [5.41, 5.74) is 3.84. The van der Waals surface area contributed by atoms with Crippen LogP contribution < -0.4 is 19.5 Å². The molecule has 28 heavy (non-hydrogen) atoms. The van der Waals surface area contributed by atoms with Crippen molar-refractivity contribution in [3.63, 3.8) is 0 Å². The zero-order valence-electron chi connectivity index (χ0n) is 14.8. The van der Waals surface area contributed by atoms with Gasteiger partial charge in [0.25, 0.3) is 0 Å². The van der Waals surface area contributed by atoms with E-state index < -0.39 is 0 Å². The van der Waals surface area contributed by atoms with Crippen LogP contribution in [0, 0.1) is 0 Å². The molecule has 2 aromatic carbocycles. The molecule has 0 fully saturated rings. The number of hydrogen-bond donors (Lipinski definition) is 1. The monoisotopic (exact) mass is 392 g/mol. The topological polar surface area (TPSA) is 69.7 Å². The molecule has 7 heteroatoms. The summed E-state index contributed by atoms with van der Waals surface area (Å²) in [6.07, 6.45) is 4.21. The van der Waals surface area contributed by atoms with E-state index in [0.29, 0.717) is 10.9 Å². The van der Waals surface area contributed by atoms with Crippen molar-refractivity contribution in [2.75, 3.05) is 18.7 Å². The molecule has 3 aromatic rings. The smallest absolute Gasteiger partial charge is 0.250 e. The van der Waals surface area contributed by atoms with E-state index in [1.807, 2.05) is 41.8 Å². The number of rotatable bonds is 4. The molecule has 1 N–H and O–H groups in total. The van der Waals surface area contributed by atoms with Crippen molar-refractivity contribution in [2.45, 2.75) is 6.42 Å². The summed E-state index contributed by atoms with van der Waals surface area (Å²) >= 11 is 1.38. The molecule has 0 saturated heterocycles. The molecule has 1 amide bonds.